The fourth-order valence-corrected chi connectivity index (χ4v) is 1.33. The Bertz CT molecular complexity index is 292. The van der Waals surface area contributed by atoms with Gasteiger partial charge in [0.05, 0.1) is 12.3 Å². The van der Waals surface area contributed by atoms with E-state index in [1.165, 1.54) is 0 Å². The zero-order valence-electron chi connectivity index (χ0n) is 9.31. The molecule has 0 amide bonds. The summed E-state index contributed by atoms with van der Waals surface area (Å²) in [5.74, 6) is 0.887. The summed E-state index contributed by atoms with van der Waals surface area (Å²) in [5, 5.41) is 8.96. The van der Waals surface area contributed by atoms with Gasteiger partial charge in [-0.15, -0.1) is 0 Å². The standard InChI is InChI=1S/C11H18N2O2/c1-13(7-4-8-15-2)11-6-3-5-10(9-14)12-11/h3,5-6,14H,4,7-9H2,1-2H3. The molecule has 0 aliphatic rings. The maximum atomic E-state index is 8.96. The van der Waals surface area contributed by atoms with E-state index >= 15 is 0 Å². The topological polar surface area (TPSA) is 45.6 Å². The van der Waals surface area contributed by atoms with E-state index < -0.39 is 0 Å². The third kappa shape index (κ3) is 3.85. The third-order valence-electron chi connectivity index (χ3n) is 2.19. The molecule has 4 nitrogen and oxygen atoms in total. The van der Waals surface area contributed by atoms with Crippen LogP contribution in [0.15, 0.2) is 18.2 Å². The summed E-state index contributed by atoms with van der Waals surface area (Å²) < 4.78 is 4.99. The Kier molecular flexibility index (Phi) is 5.07. The van der Waals surface area contributed by atoms with E-state index in [-0.39, 0.29) is 6.61 Å². The van der Waals surface area contributed by atoms with Gasteiger partial charge in [-0.05, 0) is 18.6 Å². The minimum Gasteiger partial charge on any atom is -0.390 e. The fourth-order valence-electron chi connectivity index (χ4n) is 1.33. The number of hydrogen-bond acceptors (Lipinski definition) is 4. The van der Waals surface area contributed by atoms with Gasteiger partial charge in [0.25, 0.3) is 0 Å². The lowest BCUT2D eigenvalue weighted by Crippen LogP contribution is -2.21. The Labute approximate surface area is 90.5 Å². The van der Waals surface area contributed by atoms with Crippen LogP contribution in [0.4, 0.5) is 5.82 Å². The van der Waals surface area contributed by atoms with Gasteiger partial charge in [-0.3, -0.25) is 0 Å². The normalized spacial score (nSPS) is 10.3. The summed E-state index contributed by atoms with van der Waals surface area (Å²) in [6.07, 6.45) is 0.970. The maximum Gasteiger partial charge on any atom is 0.128 e. The van der Waals surface area contributed by atoms with Gasteiger partial charge in [-0.1, -0.05) is 6.07 Å². The third-order valence-corrected chi connectivity index (χ3v) is 2.19. The minimum atomic E-state index is -0.0141. The average molecular weight is 210 g/mol. The molecule has 1 N–H and O–H groups in total. The van der Waals surface area contributed by atoms with Gasteiger partial charge < -0.3 is 14.7 Å². The van der Waals surface area contributed by atoms with Gasteiger partial charge in [0.15, 0.2) is 0 Å². The van der Waals surface area contributed by atoms with E-state index in [1.54, 1.807) is 7.11 Å². The van der Waals surface area contributed by atoms with Crippen LogP contribution in [0, 0.1) is 0 Å². The predicted molar refractivity (Wildman–Crippen MR) is 59.9 cm³/mol. The Morgan fingerprint density at radius 3 is 2.93 bits per heavy atom. The summed E-state index contributed by atoms with van der Waals surface area (Å²) in [4.78, 5) is 6.36. The first-order valence-corrected chi connectivity index (χ1v) is 5.04. The lowest BCUT2D eigenvalue weighted by atomic mass is 10.3. The number of methoxy groups -OCH3 is 1. The molecule has 1 heterocycles. The first kappa shape index (κ1) is 11.9. The molecule has 1 aromatic rings. The number of aromatic nitrogens is 1. The maximum absolute atomic E-state index is 8.96. The molecular formula is C11H18N2O2. The van der Waals surface area contributed by atoms with Crippen molar-refractivity contribution >= 4 is 5.82 Å². The molecule has 84 valence electrons. The second-order valence-electron chi connectivity index (χ2n) is 3.41. The summed E-state index contributed by atoms with van der Waals surface area (Å²) in [6, 6.07) is 5.65. The van der Waals surface area contributed by atoms with Crippen molar-refractivity contribution in [2.45, 2.75) is 13.0 Å². The van der Waals surface area contributed by atoms with Crippen LogP contribution in [0.1, 0.15) is 12.1 Å². The van der Waals surface area contributed by atoms with Gasteiger partial charge in [0.2, 0.25) is 0 Å². The largest absolute Gasteiger partial charge is 0.390 e. The van der Waals surface area contributed by atoms with Crippen molar-refractivity contribution in [3.63, 3.8) is 0 Å². The summed E-state index contributed by atoms with van der Waals surface area (Å²) in [7, 11) is 3.68. The lowest BCUT2D eigenvalue weighted by Gasteiger charge is -2.18. The molecule has 0 radical (unpaired) electrons. The van der Waals surface area contributed by atoms with Crippen LogP contribution in [0.3, 0.4) is 0 Å². The van der Waals surface area contributed by atoms with Gasteiger partial charge >= 0.3 is 0 Å². The number of pyridine rings is 1. The van der Waals surface area contributed by atoms with Crippen LogP contribution >= 0.6 is 0 Å². The number of nitrogens with zero attached hydrogens (tertiary/aromatic N) is 2. The quantitative estimate of drug-likeness (QED) is 0.713. The molecule has 0 bridgehead atoms. The first-order chi connectivity index (χ1) is 7.27. The van der Waals surface area contributed by atoms with E-state index in [0.29, 0.717) is 5.69 Å². The van der Waals surface area contributed by atoms with E-state index in [0.717, 1.165) is 25.4 Å². The second kappa shape index (κ2) is 6.37. The predicted octanol–water partition coefficient (Wildman–Crippen LogP) is 1.05. The van der Waals surface area contributed by atoms with Crippen LogP contribution in [0.5, 0.6) is 0 Å². The molecule has 4 heteroatoms. The molecule has 0 atom stereocenters. The van der Waals surface area contributed by atoms with Crippen molar-refractivity contribution < 1.29 is 9.84 Å². The van der Waals surface area contributed by atoms with Crippen LogP contribution in [0.2, 0.25) is 0 Å². The Balaban J connectivity index is 2.52. The molecule has 0 fully saturated rings. The fraction of sp³-hybridized carbons (Fsp3) is 0.545. The van der Waals surface area contributed by atoms with Gasteiger partial charge in [-0.2, -0.15) is 0 Å². The van der Waals surface area contributed by atoms with E-state index in [1.807, 2.05) is 25.2 Å². The highest BCUT2D eigenvalue weighted by molar-refractivity contribution is 5.37. The highest BCUT2D eigenvalue weighted by Crippen LogP contribution is 2.09. The molecule has 0 saturated heterocycles. The van der Waals surface area contributed by atoms with Crippen LogP contribution in [-0.2, 0) is 11.3 Å². The monoisotopic (exact) mass is 210 g/mol. The molecule has 15 heavy (non-hydrogen) atoms. The highest BCUT2D eigenvalue weighted by Gasteiger charge is 2.02. The molecular weight excluding hydrogens is 192 g/mol. The SMILES string of the molecule is COCCCN(C)c1cccc(CO)n1. The smallest absolute Gasteiger partial charge is 0.128 e. The summed E-state index contributed by atoms with van der Waals surface area (Å²) in [6.45, 7) is 1.64. The second-order valence-corrected chi connectivity index (χ2v) is 3.41. The zero-order chi connectivity index (χ0) is 11.1. The molecule has 0 aromatic carbocycles. The number of hydrogen-bond donors (Lipinski definition) is 1. The van der Waals surface area contributed by atoms with Crippen molar-refractivity contribution in [1.82, 2.24) is 4.98 Å². The van der Waals surface area contributed by atoms with Crippen molar-refractivity contribution in [3.05, 3.63) is 23.9 Å². The first-order valence-electron chi connectivity index (χ1n) is 5.04. The number of rotatable bonds is 6. The van der Waals surface area contributed by atoms with E-state index in [4.69, 9.17) is 9.84 Å². The molecule has 0 aliphatic heterocycles. The van der Waals surface area contributed by atoms with Crippen LogP contribution in [0.25, 0.3) is 0 Å². The van der Waals surface area contributed by atoms with Gasteiger partial charge in [0, 0.05) is 27.3 Å². The highest BCUT2D eigenvalue weighted by atomic mass is 16.5. The summed E-state index contributed by atoms with van der Waals surface area (Å²) in [5.41, 5.74) is 0.700. The number of ether oxygens (including phenoxy) is 1. The molecule has 0 unspecified atom stereocenters. The Hall–Kier alpha value is -1.13. The van der Waals surface area contributed by atoms with Gasteiger partial charge in [0.1, 0.15) is 5.82 Å². The summed E-state index contributed by atoms with van der Waals surface area (Å²) >= 11 is 0. The zero-order valence-corrected chi connectivity index (χ0v) is 9.31. The molecule has 1 rings (SSSR count). The Morgan fingerprint density at radius 1 is 1.47 bits per heavy atom. The lowest BCUT2D eigenvalue weighted by molar-refractivity contribution is 0.196. The molecule has 0 spiro atoms. The van der Waals surface area contributed by atoms with Gasteiger partial charge in [-0.25, -0.2) is 4.98 Å². The number of aliphatic hydroxyl groups is 1. The molecule has 0 aliphatic carbocycles. The van der Waals surface area contributed by atoms with E-state index in [9.17, 15) is 0 Å². The number of anilines is 1. The number of aliphatic hydroxyl groups excluding tert-OH is 1. The van der Waals surface area contributed by atoms with Crippen LogP contribution < -0.4 is 4.90 Å². The van der Waals surface area contributed by atoms with Crippen molar-refractivity contribution in [2.24, 2.45) is 0 Å². The molecule has 0 saturated carbocycles. The van der Waals surface area contributed by atoms with Crippen molar-refractivity contribution in [3.8, 4) is 0 Å². The van der Waals surface area contributed by atoms with E-state index in [2.05, 4.69) is 9.88 Å². The average Bonchev–Trinajstić information content (AvgIpc) is 2.29. The van der Waals surface area contributed by atoms with Crippen molar-refractivity contribution in [2.75, 3.05) is 32.2 Å². The Morgan fingerprint density at radius 2 is 2.27 bits per heavy atom. The van der Waals surface area contributed by atoms with Crippen LogP contribution in [-0.4, -0.2) is 37.4 Å². The molecule has 1 aromatic heterocycles. The van der Waals surface area contributed by atoms with Crippen molar-refractivity contribution in [1.29, 1.82) is 0 Å². The minimum absolute atomic E-state index is 0.0141.